The van der Waals surface area contributed by atoms with Crippen LogP contribution < -0.4 is 9.47 Å². The highest BCUT2D eigenvalue weighted by Gasteiger charge is 2.34. The highest BCUT2D eigenvalue weighted by Crippen LogP contribution is 2.29. The summed E-state index contributed by atoms with van der Waals surface area (Å²) in [7, 11) is -1.28. The van der Waals surface area contributed by atoms with Gasteiger partial charge in [0.1, 0.15) is 0 Å². The zero-order chi connectivity index (χ0) is 21.6. The second kappa shape index (κ2) is 10.3. The van der Waals surface area contributed by atoms with Crippen molar-refractivity contribution in [3.05, 3.63) is 29.8 Å². The maximum Gasteiger partial charge on any atom is 0.246 e. The Balaban J connectivity index is 1.52. The topological polar surface area (TPSA) is 76.2 Å². The highest BCUT2D eigenvalue weighted by molar-refractivity contribution is 7.91. The molecule has 2 saturated heterocycles. The van der Waals surface area contributed by atoms with E-state index in [1.165, 1.54) is 0 Å². The molecule has 30 heavy (non-hydrogen) atoms. The predicted octanol–water partition coefficient (Wildman–Crippen LogP) is 2.22. The molecule has 2 aliphatic rings. The lowest BCUT2D eigenvalue weighted by Crippen LogP contribution is -2.52. The summed E-state index contributed by atoms with van der Waals surface area (Å²) in [6, 6.07) is 5.75. The number of ether oxygens (including phenoxy) is 2. The molecule has 0 spiro atoms. The Morgan fingerprint density at radius 1 is 1.20 bits per heavy atom. The summed E-state index contributed by atoms with van der Waals surface area (Å²) >= 11 is 0. The second-order valence-corrected chi connectivity index (χ2v) is 10.1. The van der Waals surface area contributed by atoms with Crippen LogP contribution in [0.5, 0.6) is 11.5 Å². The van der Waals surface area contributed by atoms with Gasteiger partial charge in [0.05, 0.1) is 25.2 Å². The number of benzene rings is 1. The number of rotatable bonds is 8. The van der Waals surface area contributed by atoms with Crippen molar-refractivity contribution in [1.82, 2.24) is 9.80 Å². The number of carbonyl (C=O) groups is 1. The zero-order valence-electron chi connectivity index (χ0n) is 17.9. The lowest BCUT2D eigenvalue weighted by molar-refractivity contribution is -0.127. The molecule has 0 bridgehead atoms. The van der Waals surface area contributed by atoms with Gasteiger partial charge in [-0.25, -0.2) is 8.42 Å². The molecule has 2 aliphatic heterocycles. The van der Waals surface area contributed by atoms with Gasteiger partial charge in [-0.1, -0.05) is 19.4 Å². The van der Waals surface area contributed by atoms with Gasteiger partial charge in [0, 0.05) is 38.3 Å². The van der Waals surface area contributed by atoms with E-state index < -0.39 is 9.84 Å². The van der Waals surface area contributed by atoms with Crippen molar-refractivity contribution in [3.8, 4) is 11.5 Å². The quantitative estimate of drug-likeness (QED) is 0.459. The standard InChI is InChI=1S/C22H32N2O5S/c1-3-4-14-29-20-7-5-18(16-21(20)28-2)6-8-22(25)24-12-10-23(11-13-24)19-9-15-30(26,27)17-19/h5-8,16,19H,3-4,9-15,17H2,1-2H3/b8-6+. The van der Waals surface area contributed by atoms with Gasteiger partial charge in [0.25, 0.3) is 0 Å². The van der Waals surface area contributed by atoms with Crippen molar-refractivity contribution in [2.45, 2.75) is 32.2 Å². The van der Waals surface area contributed by atoms with Gasteiger partial charge < -0.3 is 14.4 Å². The summed E-state index contributed by atoms with van der Waals surface area (Å²) in [5.74, 6) is 1.86. The predicted molar refractivity (Wildman–Crippen MR) is 118 cm³/mol. The molecule has 1 unspecified atom stereocenters. The number of nitrogens with zero attached hydrogens (tertiary/aromatic N) is 2. The normalized spacial score (nSPS) is 21.8. The molecule has 1 aromatic rings. The highest BCUT2D eigenvalue weighted by atomic mass is 32.2. The van der Waals surface area contributed by atoms with E-state index in [0.29, 0.717) is 37.6 Å². The summed E-state index contributed by atoms with van der Waals surface area (Å²) in [5.41, 5.74) is 0.873. The van der Waals surface area contributed by atoms with Crippen molar-refractivity contribution in [3.63, 3.8) is 0 Å². The first kappa shape index (κ1) is 22.6. The number of sulfone groups is 1. The van der Waals surface area contributed by atoms with Crippen molar-refractivity contribution in [1.29, 1.82) is 0 Å². The molecule has 0 N–H and O–H groups in total. The van der Waals surface area contributed by atoms with E-state index in [4.69, 9.17) is 9.47 Å². The number of methoxy groups -OCH3 is 1. The molecule has 2 heterocycles. The van der Waals surface area contributed by atoms with E-state index in [0.717, 1.165) is 31.5 Å². The summed E-state index contributed by atoms with van der Waals surface area (Å²) in [6.07, 6.45) is 6.14. The molecule has 8 heteroatoms. The lowest BCUT2D eigenvalue weighted by Gasteiger charge is -2.37. The molecular weight excluding hydrogens is 404 g/mol. The molecule has 0 radical (unpaired) electrons. The van der Waals surface area contributed by atoms with Crippen LogP contribution in [0.3, 0.4) is 0 Å². The Morgan fingerprint density at radius 3 is 2.60 bits per heavy atom. The number of piperazine rings is 1. The van der Waals surface area contributed by atoms with E-state index in [1.54, 1.807) is 19.3 Å². The largest absolute Gasteiger partial charge is 0.493 e. The first-order chi connectivity index (χ1) is 14.4. The van der Waals surface area contributed by atoms with Gasteiger partial charge in [0.15, 0.2) is 21.3 Å². The molecule has 166 valence electrons. The Morgan fingerprint density at radius 2 is 1.97 bits per heavy atom. The molecule has 0 aromatic heterocycles. The first-order valence-electron chi connectivity index (χ1n) is 10.6. The fourth-order valence-corrected chi connectivity index (χ4v) is 5.64. The average molecular weight is 437 g/mol. The van der Waals surface area contributed by atoms with Gasteiger partial charge in [-0.05, 0) is 36.6 Å². The number of carbonyl (C=O) groups excluding carboxylic acids is 1. The van der Waals surface area contributed by atoms with Crippen LogP contribution in [0.1, 0.15) is 31.7 Å². The Labute approximate surface area is 179 Å². The van der Waals surface area contributed by atoms with Crippen LogP contribution in [0.4, 0.5) is 0 Å². The zero-order valence-corrected chi connectivity index (χ0v) is 18.7. The SMILES string of the molecule is CCCCOc1ccc(/C=C/C(=O)N2CCN(C3CCS(=O)(=O)C3)CC2)cc1OC. The number of hydrogen-bond acceptors (Lipinski definition) is 6. The Bertz CT molecular complexity index is 860. The Hall–Kier alpha value is -2.06. The third kappa shape index (κ3) is 5.98. The van der Waals surface area contributed by atoms with Crippen LogP contribution in [0, 0.1) is 0 Å². The van der Waals surface area contributed by atoms with E-state index in [1.807, 2.05) is 23.1 Å². The summed E-state index contributed by atoms with van der Waals surface area (Å²) in [4.78, 5) is 16.6. The maximum absolute atomic E-state index is 12.6. The van der Waals surface area contributed by atoms with Gasteiger partial charge in [-0.15, -0.1) is 0 Å². The third-order valence-electron chi connectivity index (χ3n) is 5.71. The smallest absolute Gasteiger partial charge is 0.246 e. The van der Waals surface area contributed by atoms with Crippen LogP contribution in [-0.4, -0.2) is 81.6 Å². The fourth-order valence-electron chi connectivity index (χ4n) is 3.88. The number of hydrogen-bond donors (Lipinski definition) is 0. The summed E-state index contributed by atoms with van der Waals surface area (Å²) < 4.78 is 34.5. The minimum Gasteiger partial charge on any atom is -0.493 e. The molecule has 0 aliphatic carbocycles. The van der Waals surface area contributed by atoms with Crippen LogP contribution >= 0.6 is 0 Å². The molecule has 1 atom stereocenters. The molecule has 1 amide bonds. The van der Waals surface area contributed by atoms with E-state index in [9.17, 15) is 13.2 Å². The molecule has 1 aromatic carbocycles. The van der Waals surface area contributed by atoms with E-state index in [2.05, 4.69) is 11.8 Å². The Kier molecular flexibility index (Phi) is 7.77. The molecule has 0 saturated carbocycles. The molecule has 7 nitrogen and oxygen atoms in total. The van der Waals surface area contributed by atoms with Crippen LogP contribution in [0.15, 0.2) is 24.3 Å². The van der Waals surface area contributed by atoms with Crippen molar-refractivity contribution < 1.29 is 22.7 Å². The maximum atomic E-state index is 12.6. The first-order valence-corrected chi connectivity index (χ1v) is 12.5. The van der Waals surface area contributed by atoms with Gasteiger partial charge in [-0.3, -0.25) is 9.69 Å². The minimum absolute atomic E-state index is 0.0315. The second-order valence-electron chi connectivity index (χ2n) is 7.86. The summed E-state index contributed by atoms with van der Waals surface area (Å²) in [6.45, 7) is 5.44. The molecule has 2 fully saturated rings. The van der Waals surface area contributed by atoms with Gasteiger partial charge in [-0.2, -0.15) is 0 Å². The average Bonchev–Trinajstić information content (AvgIpc) is 3.12. The van der Waals surface area contributed by atoms with Crippen LogP contribution in [-0.2, 0) is 14.6 Å². The molecular formula is C22H32N2O5S. The number of unbranched alkanes of at least 4 members (excludes halogenated alkanes) is 1. The van der Waals surface area contributed by atoms with Gasteiger partial charge >= 0.3 is 0 Å². The van der Waals surface area contributed by atoms with E-state index >= 15 is 0 Å². The molecule has 3 rings (SSSR count). The third-order valence-corrected chi connectivity index (χ3v) is 7.46. The van der Waals surface area contributed by atoms with Gasteiger partial charge in [0.2, 0.25) is 5.91 Å². The lowest BCUT2D eigenvalue weighted by atomic mass is 10.1. The van der Waals surface area contributed by atoms with E-state index in [-0.39, 0.29) is 23.5 Å². The minimum atomic E-state index is -2.88. The van der Waals surface area contributed by atoms with Crippen LogP contribution in [0.2, 0.25) is 0 Å². The van der Waals surface area contributed by atoms with Crippen molar-refractivity contribution in [2.75, 3.05) is 51.4 Å². The fraction of sp³-hybridized carbons (Fsp3) is 0.591. The number of amides is 1. The monoisotopic (exact) mass is 436 g/mol. The summed E-state index contributed by atoms with van der Waals surface area (Å²) in [5, 5.41) is 0. The van der Waals surface area contributed by atoms with Crippen molar-refractivity contribution in [2.24, 2.45) is 0 Å². The van der Waals surface area contributed by atoms with Crippen molar-refractivity contribution >= 4 is 21.8 Å². The van der Waals surface area contributed by atoms with Crippen LogP contribution in [0.25, 0.3) is 6.08 Å².